The maximum atomic E-state index is 13.0. The number of rotatable bonds is 5. The predicted octanol–water partition coefficient (Wildman–Crippen LogP) is 3.63. The van der Waals surface area contributed by atoms with E-state index in [0.717, 1.165) is 11.1 Å². The Labute approximate surface area is 163 Å². The molecule has 1 N–H and O–H groups in total. The summed E-state index contributed by atoms with van der Waals surface area (Å²) in [5.41, 5.74) is 3.59. The third-order valence-electron chi connectivity index (χ3n) is 5.21. The van der Waals surface area contributed by atoms with Gasteiger partial charge >= 0.3 is 0 Å². The SMILES string of the molecule is Cc1nc2ccc(-c3ccn4nc(NC5CC(F)(F)C5)ncc34)nc2n1CCF. The van der Waals surface area contributed by atoms with Crippen molar-refractivity contribution in [2.75, 3.05) is 12.0 Å². The summed E-state index contributed by atoms with van der Waals surface area (Å²) in [7, 11) is 0. The fraction of sp³-hybridized carbons (Fsp3) is 0.368. The van der Waals surface area contributed by atoms with Crippen LogP contribution in [0.3, 0.4) is 0 Å². The molecule has 0 unspecified atom stereocenters. The van der Waals surface area contributed by atoms with Crippen molar-refractivity contribution >= 4 is 22.6 Å². The van der Waals surface area contributed by atoms with Gasteiger partial charge in [-0.3, -0.25) is 0 Å². The molecule has 4 aromatic rings. The van der Waals surface area contributed by atoms with Crippen LogP contribution in [0.2, 0.25) is 0 Å². The predicted molar refractivity (Wildman–Crippen MR) is 102 cm³/mol. The Morgan fingerprint density at radius 2 is 2.03 bits per heavy atom. The first-order valence-corrected chi connectivity index (χ1v) is 9.32. The van der Waals surface area contributed by atoms with Gasteiger partial charge in [0.2, 0.25) is 5.95 Å². The Morgan fingerprint density at radius 3 is 2.79 bits per heavy atom. The molecule has 0 atom stereocenters. The van der Waals surface area contributed by atoms with Crippen molar-refractivity contribution in [3.8, 4) is 11.3 Å². The summed E-state index contributed by atoms with van der Waals surface area (Å²) in [5.74, 6) is -1.58. The van der Waals surface area contributed by atoms with Crippen LogP contribution in [0.25, 0.3) is 27.9 Å². The van der Waals surface area contributed by atoms with E-state index in [-0.39, 0.29) is 25.4 Å². The summed E-state index contributed by atoms with van der Waals surface area (Å²) in [4.78, 5) is 13.4. The minimum atomic E-state index is -2.60. The number of imidazole rings is 1. The maximum absolute atomic E-state index is 13.0. The Balaban J connectivity index is 1.48. The van der Waals surface area contributed by atoms with Gasteiger partial charge in [-0.05, 0) is 25.1 Å². The Kier molecular flexibility index (Phi) is 3.97. The number of hydrogen-bond donors (Lipinski definition) is 1. The van der Waals surface area contributed by atoms with Crippen LogP contribution in [-0.4, -0.2) is 47.8 Å². The summed E-state index contributed by atoms with van der Waals surface area (Å²) in [6, 6.07) is 5.26. The van der Waals surface area contributed by atoms with E-state index in [9.17, 15) is 13.2 Å². The van der Waals surface area contributed by atoms with E-state index in [0.29, 0.717) is 28.6 Å². The molecule has 150 valence electrons. The summed E-state index contributed by atoms with van der Waals surface area (Å²) in [6.45, 7) is 1.53. The monoisotopic (exact) mass is 401 g/mol. The van der Waals surface area contributed by atoms with Gasteiger partial charge in [0.15, 0.2) is 5.65 Å². The van der Waals surface area contributed by atoms with Crippen LogP contribution in [0.4, 0.5) is 19.1 Å². The van der Waals surface area contributed by atoms with Crippen LogP contribution in [0, 0.1) is 6.92 Å². The highest BCUT2D eigenvalue weighted by molar-refractivity contribution is 5.82. The molecular weight excluding hydrogens is 383 g/mol. The highest BCUT2D eigenvalue weighted by atomic mass is 19.3. The normalized spacial score (nSPS) is 16.4. The molecule has 1 aliphatic carbocycles. The Bertz CT molecular complexity index is 1210. The highest BCUT2D eigenvalue weighted by Gasteiger charge is 2.45. The number of aryl methyl sites for hydroxylation is 2. The van der Waals surface area contributed by atoms with Crippen molar-refractivity contribution in [3.05, 3.63) is 36.4 Å². The molecule has 4 aromatic heterocycles. The van der Waals surface area contributed by atoms with Gasteiger partial charge in [-0.15, -0.1) is 5.10 Å². The van der Waals surface area contributed by atoms with Crippen LogP contribution in [-0.2, 0) is 6.54 Å². The molecule has 0 bridgehead atoms. The van der Waals surface area contributed by atoms with Crippen LogP contribution in [0.5, 0.6) is 0 Å². The Hall–Kier alpha value is -3.17. The van der Waals surface area contributed by atoms with Gasteiger partial charge in [-0.1, -0.05) is 0 Å². The van der Waals surface area contributed by atoms with E-state index in [2.05, 4.69) is 25.4 Å². The Morgan fingerprint density at radius 1 is 1.21 bits per heavy atom. The first-order chi connectivity index (χ1) is 13.9. The number of hydrogen-bond acceptors (Lipinski definition) is 5. The molecule has 7 nitrogen and oxygen atoms in total. The summed E-state index contributed by atoms with van der Waals surface area (Å²) < 4.78 is 42.3. The third kappa shape index (κ3) is 3.08. The van der Waals surface area contributed by atoms with Crippen molar-refractivity contribution in [1.82, 2.24) is 29.1 Å². The minimum Gasteiger partial charge on any atom is -0.350 e. The van der Waals surface area contributed by atoms with E-state index < -0.39 is 12.6 Å². The largest absolute Gasteiger partial charge is 0.350 e. The smallest absolute Gasteiger partial charge is 0.252 e. The zero-order valence-electron chi connectivity index (χ0n) is 15.6. The molecule has 10 heteroatoms. The maximum Gasteiger partial charge on any atom is 0.252 e. The van der Waals surface area contributed by atoms with Crippen LogP contribution in [0.1, 0.15) is 18.7 Å². The standard InChI is InChI=1S/C19H18F3N7/c1-11-24-15-3-2-14(26-17(15)28(11)7-5-20)13-4-6-29-16(13)10-23-18(27-29)25-12-8-19(21,22)9-12/h2-4,6,10,12H,5,7-9H2,1H3,(H,25,27). The number of pyridine rings is 1. The van der Waals surface area contributed by atoms with Crippen LogP contribution >= 0.6 is 0 Å². The molecular formula is C19H18F3N7. The van der Waals surface area contributed by atoms with Gasteiger partial charge in [0, 0.05) is 30.6 Å². The van der Waals surface area contributed by atoms with Gasteiger partial charge in [-0.2, -0.15) is 0 Å². The molecule has 0 aliphatic heterocycles. The second kappa shape index (κ2) is 6.43. The number of alkyl halides is 3. The number of nitrogens with one attached hydrogen (secondary N) is 1. The molecule has 1 fully saturated rings. The van der Waals surface area contributed by atoms with Gasteiger partial charge in [0.05, 0.1) is 24.0 Å². The fourth-order valence-electron chi connectivity index (χ4n) is 3.75. The van der Waals surface area contributed by atoms with E-state index in [4.69, 9.17) is 0 Å². The number of aromatic nitrogens is 6. The van der Waals surface area contributed by atoms with Crippen molar-refractivity contribution in [3.63, 3.8) is 0 Å². The molecule has 29 heavy (non-hydrogen) atoms. The molecule has 1 aliphatic rings. The average molecular weight is 401 g/mol. The molecule has 0 amide bonds. The molecule has 0 saturated heterocycles. The lowest BCUT2D eigenvalue weighted by molar-refractivity contribution is -0.0794. The number of anilines is 1. The first-order valence-electron chi connectivity index (χ1n) is 9.32. The quantitative estimate of drug-likeness (QED) is 0.553. The van der Waals surface area contributed by atoms with Crippen LogP contribution in [0.15, 0.2) is 30.6 Å². The zero-order valence-corrected chi connectivity index (χ0v) is 15.6. The van der Waals surface area contributed by atoms with Crippen molar-refractivity contribution < 1.29 is 13.2 Å². The summed E-state index contributed by atoms with van der Waals surface area (Å²) in [6.07, 6.45) is 2.99. The number of nitrogens with zero attached hydrogens (tertiary/aromatic N) is 6. The average Bonchev–Trinajstić information content (AvgIpc) is 3.21. The molecule has 1 saturated carbocycles. The van der Waals surface area contributed by atoms with E-state index >= 15 is 0 Å². The van der Waals surface area contributed by atoms with Gasteiger partial charge in [-0.25, -0.2) is 32.6 Å². The molecule has 4 heterocycles. The van der Waals surface area contributed by atoms with Crippen molar-refractivity contribution in [2.24, 2.45) is 0 Å². The lowest BCUT2D eigenvalue weighted by atomic mass is 9.88. The first kappa shape index (κ1) is 17.9. The van der Waals surface area contributed by atoms with E-state index in [1.54, 1.807) is 21.5 Å². The zero-order chi connectivity index (χ0) is 20.2. The van der Waals surface area contributed by atoms with Gasteiger partial charge in [0.25, 0.3) is 5.92 Å². The van der Waals surface area contributed by atoms with E-state index in [1.807, 2.05) is 25.1 Å². The highest BCUT2D eigenvalue weighted by Crippen LogP contribution is 2.38. The van der Waals surface area contributed by atoms with Gasteiger partial charge < -0.3 is 9.88 Å². The second-order valence-corrected chi connectivity index (χ2v) is 7.29. The van der Waals surface area contributed by atoms with E-state index in [1.165, 1.54) is 0 Å². The third-order valence-corrected chi connectivity index (χ3v) is 5.21. The van der Waals surface area contributed by atoms with Crippen molar-refractivity contribution in [1.29, 1.82) is 0 Å². The molecule has 5 rings (SSSR count). The summed E-state index contributed by atoms with van der Waals surface area (Å²) in [5, 5.41) is 7.30. The topological polar surface area (TPSA) is 72.9 Å². The number of fused-ring (bicyclic) bond motifs is 2. The number of halogens is 3. The van der Waals surface area contributed by atoms with Crippen LogP contribution < -0.4 is 5.32 Å². The van der Waals surface area contributed by atoms with Crippen molar-refractivity contribution in [2.45, 2.75) is 38.3 Å². The summed E-state index contributed by atoms with van der Waals surface area (Å²) >= 11 is 0. The molecule has 0 spiro atoms. The molecule has 0 aromatic carbocycles. The molecule has 0 radical (unpaired) electrons. The lowest BCUT2D eigenvalue weighted by Crippen LogP contribution is -2.44. The second-order valence-electron chi connectivity index (χ2n) is 7.29. The van der Waals surface area contributed by atoms with Gasteiger partial charge in [0.1, 0.15) is 18.0 Å². The minimum absolute atomic E-state index is 0.202. The fourth-order valence-corrected chi connectivity index (χ4v) is 3.75. The lowest BCUT2D eigenvalue weighted by Gasteiger charge is -2.35.